The van der Waals surface area contributed by atoms with Crippen LogP contribution in [0, 0.1) is 17.8 Å². The second-order valence-electron chi connectivity index (χ2n) is 7.57. The maximum atomic E-state index is 6.13. The van der Waals surface area contributed by atoms with Gasteiger partial charge in [-0.2, -0.15) is 0 Å². The van der Waals surface area contributed by atoms with Crippen molar-refractivity contribution in [3.05, 3.63) is 12.2 Å². The summed E-state index contributed by atoms with van der Waals surface area (Å²) in [5.74, 6) is 1.93. The molecule has 0 radical (unpaired) electrons. The van der Waals surface area contributed by atoms with Gasteiger partial charge in [0.25, 0.3) is 0 Å². The Morgan fingerprint density at radius 1 is 1.04 bits per heavy atom. The van der Waals surface area contributed by atoms with Crippen LogP contribution >= 0.6 is 0 Å². The Labute approximate surface area is 143 Å². The molecule has 3 unspecified atom stereocenters. The van der Waals surface area contributed by atoms with E-state index in [4.69, 9.17) is 14.2 Å². The Balaban J connectivity index is 2.00. The molecule has 0 amide bonds. The first kappa shape index (κ1) is 20.7. The van der Waals surface area contributed by atoms with Crippen molar-refractivity contribution in [3.8, 4) is 0 Å². The average Bonchev–Trinajstić information content (AvgIpc) is 2.48. The van der Waals surface area contributed by atoms with Gasteiger partial charge in [-0.1, -0.05) is 32.9 Å². The van der Waals surface area contributed by atoms with Crippen molar-refractivity contribution in [1.82, 2.24) is 0 Å². The minimum atomic E-state index is 0.362. The van der Waals surface area contributed by atoms with Gasteiger partial charge in [0.2, 0.25) is 0 Å². The molecule has 1 fully saturated rings. The first-order valence-corrected chi connectivity index (χ1v) is 9.43. The summed E-state index contributed by atoms with van der Waals surface area (Å²) in [6.45, 7) is 17.0. The van der Waals surface area contributed by atoms with Crippen LogP contribution < -0.4 is 0 Å². The fraction of sp³-hybridized carbons (Fsp3) is 0.900. The highest BCUT2D eigenvalue weighted by atomic mass is 16.5. The van der Waals surface area contributed by atoms with Crippen LogP contribution in [0.25, 0.3) is 0 Å². The molecule has 3 nitrogen and oxygen atoms in total. The predicted molar refractivity (Wildman–Crippen MR) is 96.8 cm³/mol. The molecule has 0 bridgehead atoms. The SMILES string of the molecule is C=C(C)C1CCC(C)CC1OCCCOCCCOCC(C)C. The second kappa shape index (κ2) is 12.0. The topological polar surface area (TPSA) is 27.7 Å². The summed E-state index contributed by atoms with van der Waals surface area (Å²) in [5, 5.41) is 0. The Morgan fingerprint density at radius 3 is 2.35 bits per heavy atom. The van der Waals surface area contributed by atoms with Gasteiger partial charge in [-0.15, -0.1) is 0 Å². The molecule has 0 saturated heterocycles. The molecule has 0 spiro atoms. The Bertz CT molecular complexity index is 314. The fourth-order valence-corrected chi connectivity index (χ4v) is 3.16. The van der Waals surface area contributed by atoms with Gasteiger partial charge in [-0.05, 0) is 50.9 Å². The summed E-state index contributed by atoms with van der Waals surface area (Å²) in [7, 11) is 0. The molecule has 0 aliphatic heterocycles. The molecule has 0 aromatic rings. The molecule has 0 heterocycles. The first-order chi connectivity index (χ1) is 11.0. The molecular weight excluding hydrogens is 288 g/mol. The molecule has 1 rings (SSSR count). The average molecular weight is 327 g/mol. The molecular formula is C20H38O3. The molecule has 1 aliphatic rings. The van der Waals surface area contributed by atoms with Crippen LogP contribution in [0.4, 0.5) is 0 Å². The van der Waals surface area contributed by atoms with Crippen LogP contribution in [-0.2, 0) is 14.2 Å². The lowest BCUT2D eigenvalue weighted by Crippen LogP contribution is -2.32. The van der Waals surface area contributed by atoms with Crippen LogP contribution in [0.3, 0.4) is 0 Å². The highest BCUT2D eigenvalue weighted by Gasteiger charge is 2.29. The molecule has 136 valence electrons. The number of hydrogen-bond donors (Lipinski definition) is 0. The highest BCUT2D eigenvalue weighted by Crippen LogP contribution is 2.34. The Kier molecular flexibility index (Phi) is 10.8. The van der Waals surface area contributed by atoms with Crippen molar-refractivity contribution in [2.24, 2.45) is 17.8 Å². The standard InChI is InChI=1S/C20H38O3/c1-16(2)15-22-12-6-10-21-11-7-13-23-20-14-18(5)8-9-19(20)17(3)4/h16,18-20H,3,6-15H2,1-2,4-5H3. The van der Waals surface area contributed by atoms with Gasteiger partial charge in [0, 0.05) is 39.0 Å². The lowest BCUT2D eigenvalue weighted by atomic mass is 9.78. The summed E-state index contributed by atoms with van der Waals surface area (Å²) in [5.41, 5.74) is 1.28. The van der Waals surface area contributed by atoms with E-state index in [1.54, 1.807) is 0 Å². The van der Waals surface area contributed by atoms with Crippen LogP contribution in [0.5, 0.6) is 0 Å². The van der Waals surface area contributed by atoms with Crippen molar-refractivity contribution in [3.63, 3.8) is 0 Å². The maximum Gasteiger partial charge on any atom is 0.0642 e. The second-order valence-corrected chi connectivity index (χ2v) is 7.57. The number of ether oxygens (including phenoxy) is 3. The maximum absolute atomic E-state index is 6.13. The summed E-state index contributed by atoms with van der Waals surface area (Å²) in [6.07, 6.45) is 6.02. The van der Waals surface area contributed by atoms with Crippen molar-refractivity contribution in [2.75, 3.05) is 33.0 Å². The van der Waals surface area contributed by atoms with E-state index in [0.717, 1.165) is 51.8 Å². The fourth-order valence-electron chi connectivity index (χ4n) is 3.16. The van der Waals surface area contributed by atoms with Gasteiger partial charge in [0.15, 0.2) is 0 Å². The number of hydrogen-bond acceptors (Lipinski definition) is 3. The Hall–Kier alpha value is -0.380. The zero-order valence-corrected chi connectivity index (χ0v) is 15.8. The van der Waals surface area contributed by atoms with E-state index in [0.29, 0.717) is 17.9 Å². The molecule has 3 atom stereocenters. The minimum Gasteiger partial charge on any atom is -0.381 e. The van der Waals surface area contributed by atoms with Gasteiger partial charge in [-0.3, -0.25) is 0 Å². The van der Waals surface area contributed by atoms with Crippen molar-refractivity contribution in [2.45, 2.75) is 65.9 Å². The minimum absolute atomic E-state index is 0.362. The molecule has 3 heteroatoms. The Morgan fingerprint density at radius 2 is 1.70 bits per heavy atom. The van der Waals surface area contributed by atoms with E-state index in [-0.39, 0.29) is 0 Å². The van der Waals surface area contributed by atoms with Crippen molar-refractivity contribution in [1.29, 1.82) is 0 Å². The van der Waals surface area contributed by atoms with Crippen molar-refractivity contribution < 1.29 is 14.2 Å². The van der Waals surface area contributed by atoms with Gasteiger partial charge >= 0.3 is 0 Å². The lowest BCUT2D eigenvalue weighted by Gasteiger charge is -2.35. The van der Waals surface area contributed by atoms with Crippen LogP contribution in [0.15, 0.2) is 12.2 Å². The van der Waals surface area contributed by atoms with Gasteiger partial charge < -0.3 is 14.2 Å². The van der Waals surface area contributed by atoms with Gasteiger partial charge in [0.1, 0.15) is 0 Å². The van der Waals surface area contributed by atoms with Crippen LogP contribution in [0.1, 0.15) is 59.8 Å². The molecule has 0 aromatic heterocycles. The van der Waals surface area contributed by atoms with E-state index in [1.807, 2.05) is 0 Å². The number of rotatable bonds is 12. The molecule has 0 aromatic carbocycles. The largest absolute Gasteiger partial charge is 0.381 e. The summed E-state index contributed by atoms with van der Waals surface area (Å²) < 4.78 is 17.3. The van der Waals surface area contributed by atoms with E-state index >= 15 is 0 Å². The quantitative estimate of drug-likeness (QED) is 0.379. The van der Waals surface area contributed by atoms with E-state index in [2.05, 4.69) is 34.3 Å². The third kappa shape index (κ3) is 9.49. The van der Waals surface area contributed by atoms with Gasteiger partial charge in [-0.25, -0.2) is 0 Å². The van der Waals surface area contributed by atoms with Gasteiger partial charge in [0.05, 0.1) is 6.10 Å². The van der Waals surface area contributed by atoms with Crippen LogP contribution in [0.2, 0.25) is 0 Å². The first-order valence-electron chi connectivity index (χ1n) is 9.43. The lowest BCUT2D eigenvalue weighted by molar-refractivity contribution is -0.0218. The summed E-state index contributed by atoms with van der Waals surface area (Å²) in [6, 6.07) is 0. The molecule has 0 N–H and O–H groups in total. The van der Waals surface area contributed by atoms with E-state index in [1.165, 1.54) is 24.8 Å². The third-order valence-corrected chi connectivity index (χ3v) is 4.48. The summed E-state index contributed by atoms with van der Waals surface area (Å²) in [4.78, 5) is 0. The van der Waals surface area contributed by atoms with Crippen molar-refractivity contribution >= 4 is 0 Å². The zero-order chi connectivity index (χ0) is 17.1. The van der Waals surface area contributed by atoms with E-state index < -0.39 is 0 Å². The summed E-state index contributed by atoms with van der Waals surface area (Å²) >= 11 is 0. The third-order valence-electron chi connectivity index (χ3n) is 4.48. The predicted octanol–water partition coefficient (Wildman–Crippen LogP) is 4.85. The normalized spacial score (nSPS) is 25.0. The molecule has 1 aliphatic carbocycles. The smallest absolute Gasteiger partial charge is 0.0642 e. The molecule has 1 saturated carbocycles. The zero-order valence-electron chi connectivity index (χ0n) is 15.8. The van der Waals surface area contributed by atoms with E-state index in [9.17, 15) is 0 Å². The highest BCUT2D eigenvalue weighted by molar-refractivity contribution is 5.02. The monoisotopic (exact) mass is 326 g/mol. The van der Waals surface area contributed by atoms with Crippen LogP contribution in [-0.4, -0.2) is 39.1 Å². The molecule has 23 heavy (non-hydrogen) atoms.